The second-order valence-corrected chi connectivity index (χ2v) is 4.18. The first-order valence-electron chi connectivity index (χ1n) is 4.79. The fourth-order valence-corrected chi connectivity index (χ4v) is 1.76. The molecule has 82 valence electrons. The van der Waals surface area contributed by atoms with Gasteiger partial charge in [0.1, 0.15) is 0 Å². The predicted molar refractivity (Wildman–Crippen MR) is 64.2 cm³/mol. The Hall–Kier alpha value is -1.39. The van der Waals surface area contributed by atoms with E-state index in [0.717, 1.165) is 5.56 Å². The maximum atomic E-state index is 12.0. The molecule has 1 heterocycles. The second kappa shape index (κ2) is 4.63. The van der Waals surface area contributed by atoms with Crippen molar-refractivity contribution in [2.45, 2.75) is 6.54 Å². The van der Waals surface area contributed by atoms with Crippen LogP contribution in [0.4, 0.5) is 0 Å². The summed E-state index contributed by atoms with van der Waals surface area (Å²) in [5.74, 6) is 0.181. The van der Waals surface area contributed by atoms with Crippen molar-refractivity contribution < 1.29 is 9.21 Å². The molecule has 0 saturated carbocycles. The molecule has 2 rings (SSSR count). The fraction of sp³-hybridized carbons (Fsp3) is 0.0833. The molecule has 0 amide bonds. The zero-order valence-electron chi connectivity index (χ0n) is 8.44. The molecule has 2 N–H and O–H groups in total. The predicted octanol–water partition coefficient (Wildman–Crippen LogP) is 2.73. The second-order valence-electron chi connectivity index (χ2n) is 3.33. The minimum atomic E-state index is -0.138. The highest BCUT2D eigenvalue weighted by atomic mass is 79.9. The van der Waals surface area contributed by atoms with Gasteiger partial charge < -0.3 is 10.2 Å². The van der Waals surface area contributed by atoms with Gasteiger partial charge in [0, 0.05) is 12.1 Å². The summed E-state index contributed by atoms with van der Waals surface area (Å²) in [6.45, 7) is 0.471. The van der Waals surface area contributed by atoms with Gasteiger partial charge in [-0.15, -0.1) is 0 Å². The molecule has 0 unspecified atom stereocenters. The standard InChI is InChI=1S/C12H10BrNO2/c13-10-5-6-16-12(10)11(15)9-3-1-8(7-14)2-4-9/h1-6H,7,14H2. The number of rotatable bonds is 3. The van der Waals surface area contributed by atoms with Crippen LogP contribution in [0.2, 0.25) is 0 Å². The van der Waals surface area contributed by atoms with E-state index in [1.807, 2.05) is 12.1 Å². The van der Waals surface area contributed by atoms with Gasteiger partial charge in [-0.3, -0.25) is 4.79 Å². The lowest BCUT2D eigenvalue weighted by molar-refractivity contribution is 0.101. The lowest BCUT2D eigenvalue weighted by Gasteiger charge is -2.00. The Bertz CT molecular complexity index is 502. The van der Waals surface area contributed by atoms with E-state index in [9.17, 15) is 4.79 Å². The number of hydrogen-bond acceptors (Lipinski definition) is 3. The number of ketones is 1. The van der Waals surface area contributed by atoms with Gasteiger partial charge >= 0.3 is 0 Å². The van der Waals surface area contributed by atoms with Crippen molar-refractivity contribution in [2.75, 3.05) is 0 Å². The zero-order valence-corrected chi connectivity index (χ0v) is 10.0. The highest BCUT2D eigenvalue weighted by Crippen LogP contribution is 2.21. The topological polar surface area (TPSA) is 56.2 Å². The molecule has 1 aromatic carbocycles. The van der Waals surface area contributed by atoms with E-state index >= 15 is 0 Å². The molecule has 16 heavy (non-hydrogen) atoms. The van der Waals surface area contributed by atoms with Gasteiger partial charge in [0.05, 0.1) is 10.7 Å². The third-order valence-electron chi connectivity index (χ3n) is 2.28. The number of carbonyl (C=O) groups excluding carboxylic acids is 1. The van der Waals surface area contributed by atoms with E-state index in [1.165, 1.54) is 6.26 Å². The number of halogens is 1. The average Bonchev–Trinajstić information content (AvgIpc) is 2.75. The molecule has 0 aliphatic heterocycles. The SMILES string of the molecule is NCc1ccc(C(=O)c2occc2Br)cc1. The number of furan rings is 1. The number of hydrogen-bond donors (Lipinski definition) is 1. The van der Waals surface area contributed by atoms with Gasteiger partial charge in [0.25, 0.3) is 0 Å². The van der Waals surface area contributed by atoms with Crippen LogP contribution in [0.3, 0.4) is 0 Å². The molecular weight excluding hydrogens is 270 g/mol. The average molecular weight is 280 g/mol. The number of benzene rings is 1. The van der Waals surface area contributed by atoms with Crippen LogP contribution in [0, 0.1) is 0 Å². The van der Waals surface area contributed by atoms with Crippen LogP contribution in [-0.4, -0.2) is 5.78 Å². The molecule has 1 aromatic heterocycles. The van der Waals surface area contributed by atoms with Crippen LogP contribution < -0.4 is 5.73 Å². The van der Waals surface area contributed by atoms with Crippen molar-refractivity contribution in [1.29, 1.82) is 0 Å². The Balaban J connectivity index is 2.31. The lowest BCUT2D eigenvalue weighted by Crippen LogP contribution is -2.02. The fourth-order valence-electron chi connectivity index (χ4n) is 1.38. The van der Waals surface area contributed by atoms with Crippen LogP contribution in [0.25, 0.3) is 0 Å². The summed E-state index contributed by atoms with van der Waals surface area (Å²) in [5.41, 5.74) is 7.07. The Labute approximate surface area is 101 Å². The van der Waals surface area contributed by atoms with Crippen LogP contribution in [0.1, 0.15) is 21.7 Å². The van der Waals surface area contributed by atoms with Crippen LogP contribution in [-0.2, 0) is 6.54 Å². The number of carbonyl (C=O) groups is 1. The highest BCUT2D eigenvalue weighted by molar-refractivity contribution is 9.10. The summed E-state index contributed by atoms with van der Waals surface area (Å²) < 4.78 is 5.78. The molecule has 0 radical (unpaired) electrons. The molecule has 0 aliphatic carbocycles. The van der Waals surface area contributed by atoms with Crippen LogP contribution in [0.5, 0.6) is 0 Å². The Kier molecular flexibility index (Phi) is 3.22. The highest BCUT2D eigenvalue weighted by Gasteiger charge is 2.15. The van der Waals surface area contributed by atoms with Crippen molar-refractivity contribution in [2.24, 2.45) is 5.73 Å². The van der Waals surface area contributed by atoms with E-state index in [4.69, 9.17) is 10.2 Å². The van der Waals surface area contributed by atoms with Gasteiger partial charge in [-0.05, 0) is 27.6 Å². The molecule has 4 heteroatoms. The largest absolute Gasteiger partial charge is 0.460 e. The summed E-state index contributed by atoms with van der Waals surface area (Å²) in [5, 5.41) is 0. The van der Waals surface area contributed by atoms with E-state index in [0.29, 0.717) is 22.3 Å². The van der Waals surface area contributed by atoms with Crippen LogP contribution >= 0.6 is 15.9 Å². The van der Waals surface area contributed by atoms with Crippen molar-refractivity contribution in [1.82, 2.24) is 0 Å². The minimum absolute atomic E-state index is 0.138. The van der Waals surface area contributed by atoms with Crippen molar-refractivity contribution in [3.8, 4) is 0 Å². The van der Waals surface area contributed by atoms with Crippen molar-refractivity contribution in [3.05, 3.63) is 58.0 Å². The van der Waals surface area contributed by atoms with Crippen molar-refractivity contribution >= 4 is 21.7 Å². The third-order valence-corrected chi connectivity index (χ3v) is 2.90. The summed E-state index contributed by atoms with van der Waals surface area (Å²) in [4.78, 5) is 12.0. The molecule has 0 fully saturated rings. The Morgan fingerprint density at radius 2 is 1.94 bits per heavy atom. The molecule has 0 atom stereocenters. The molecule has 0 aliphatic rings. The van der Waals surface area contributed by atoms with E-state index in [-0.39, 0.29) is 5.78 Å². The normalized spacial score (nSPS) is 10.4. The molecule has 0 spiro atoms. The van der Waals surface area contributed by atoms with Crippen molar-refractivity contribution in [3.63, 3.8) is 0 Å². The Morgan fingerprint density at radius 1 is 1.25 bits per heavy atom. The molecule has 3 nitrogen and oxygen atoms in total. The first kappa shape index (κ1) is 11.1. The van der Waals surface area contributed by atoms with Gasteiger partial charge in [0.2, 0.25) is 5.78 Å². The van der Waals surface area contributed by atoms with Gasteiger partial charge in [-0.1, -0.05) is 24.3 Å². The molecule has 0 bridgehead atoms. The Morgan fingerprint density at radius 3 is 2.44 bits per heavy atom. The van der Waals surface area contributed by atoms with Gasteiger partial charge in [0.15, 0.2) is 5.76 Å². The lowest BCUT2D eigenvalue weighted by atomic mass is 10.1. The quantitative estimate of drug-likeness (QED) is 0.879. The summed E-state index contributed by atoms with van der Waals surface area (Å²) in [6, 6.07) is 8.87. The summed E-state index contributed by atoms with van der Waals surface area (Å²) >= 11 is 3.26. The molecule has 2 aromatic rings. The summed E-state index contributed by atoms with van der Waals surface area (Å²) in [7, 11) is 0. The van der Waals surface area contributed by atoms with Crippen LogP contribution in [0.15, 0.2) is 45.5 Å². The maximum absolute atomic E-state index is 12.0. The minimum Gasteiger partial charge on any atom is -0.460 e. The first-order valence-corrected chi connectivity index (χ1v) is 5.58. The van der Waals surface area contributed by atoms with Gasteiger partial charge in [-0.2, -0.15) is 0 Å². The number of nitrogens with two attached hydrogens (primary N) is 1. The zero-order chi connectivity index (χ0) is 11.5. The third kappa shape index (κ3) is 2.08. The maximum Gasteiger partial charge on any atom is 0.229 e. The molecule has 0 saturated heterocycles. The monoisotopic (exact) mass is 279 g/mol. The summed E-state index contributed by atoms with van der Waals surface area (Å²) in [6.07, 6.45) is 1.48. The van der Waals surface area contributed by atoms with E-state index < -0.39 is 0 Å². The smallest absolute Gasteiger partial charge is 0.229 e. The first-order chi connectivity index (χ1) is 7.72. The van der Waals surface area contributed by atoms with E-state index in [1.54, 1.807) is 18.2 Å². The molecular formula is C12H10BrNO2. The van der Waals surface area contributed by atoms with E-state index in [2.05, 4.69) is 15.9 Å². The van der Waals surface area contributed by atoms with Gasteiger partial charge in [-0.25, -0.2) is 0 Å².